The minimum Gasteiger partial charge on any atom is -0.324 e. The van der Waals surface area contributed by atoms with Crippen LogP contribution in [0.1, 0.15) is 24.1 Å². The predicted molar refractivity (Wildman–Crippen MR) is 118 cm³/mol. The lowest BCUT2D eigenvalue weighted by Crippen LogP contribution is -2.20. The summed E-state index contributed by atoms with van der Waals surface area (Å²) in [6.45, 7) is 1.56. The van der Waals surface area contributed by atoms with E-state index < -0.39 is 10.0 Å². The quantitative estimate of drug-likeness (QED) is 0.545. The van der Waals surface area contributed by atoms with E-state index in [0.717, 1.165) is 21.3 Å². The molecule has 1 aliphatic heterocycles. The van der Waals surface area contributed by atoms with Crippen molar-refractivity contribution < 1.29 is 8.42 Å². The molecule has 0 bridgehead atoms. The van der Waals surface area contributed by atoms with Crippen molar-refractivity contribution in [1.29, 1.82) is 0 Å². The van der Waals surface area contributed by atoms with Gasteiger partial charge in [0.1, 0.15) is 6.04 Å². The second-order valence-electron chi connectivity index (χ2n) is 6.42. The molecule has 0 saturated heterocycles. The Morgan fingerprint density at radius 3 is 2.52 bits per heavy atom. The van der Waals surface area contributed by atoms with Gasteiger partial charge in [-0.05, 0) is 48.4 Å². The van der Waals surface area contributed by atoms with Crippen molar-refractivity contribution in [3.63, 3.8) is 0 Å². The number of halogens is 2. The topological polar surface area (TPSA) is 88.9 Å². The van der Waals surface area contributed by atoms with E-state index in [1.54, 1.807) is 11.6 Å². The Balaban J connectivity index is 1.78. The Bertz CT molecular complexity index is 1170. The van der Waals surface area contributed by atoms with Gasteiger partial charge in [0.2, 0.25) is 16.0 Å². The van der Waals surface area contributed by atoms with E-state index >= 15 is 0 Å². The first-order valence-electron chi connectivity index (χ1n) is 8.82. The number of benzene rings is 2. The number of allylic oxidation sites excluding steroid dienone is 1. The molecule has 0 amide bonds. The number of aromatic nitrogens is 3. The molecular weight excluding hydrogens is 478 g/mol. The van der Waals surface area contributed by atoms with Crippen LogP contribution in [0.3, 0.4) is 0 Å². The Labute approximate surface area is 182 Å². The summed E-state index contributed by atoms with van der Waals surface area (Å²) >= 11 is 9.48. The van der Waals surface area contributed by atoms with Gasteiger partial charge in [-0.2, -0.15) is 4.98 Å². The van der Waals surface area contributed by atoms with Crippen molar-refractivity contribution in [2.75, 3.05) is 15.8 Å². The molecule has 1 atom stereocenters. The maximum absolute atomic E-state index is 11.9. The highest BCUT2D eigenvalue weighted by molar-refractivity contribution is 9.10. The molecule has 0 aliphatic carbocycles. The van der Waals surface area contributed by atoms with E-state index in [1.807, 2.05) is 54.6 Å². The summed E-state index contributed by atoms with van der Waals surface area (Å²) in [5.41, 5.74) is 2.76. The Morgan fingerprint density at radius 2 is 1.86 bits per heavy atom. The third kappa shape index (κ3) is 4.31. The van der Waals surface area contributed by atoms with E-state index in [9.17, 15) is 8.42 Å². The van der Waals surface area contributed by atoms with Crippen LogP contribution in [0.4, 0.5) is 11.9 Å². The molecule has 4 rings (SSSR count). The SMILES string of the molecule is CCS(=O)(=O)Nc1nc2n(n1)[C@H](c1ccc(Cl)cc1)C=C(c1ccc(Br)cc1)N2. The largest absolute Gasteiger partial charge is 0.324 e. The molecule has 2 aromatic carbocycles. The molecule has 1 aliphatic rings. The smallest absolute Gasteiger partial charge is 0.257 e. The van der Waals surface area contributed by atoms with Gasteiger partial charge in [-0.15, -0.1) is 5.10 Å². The first-order valence-corrected chi connectivity index (χ1v) is 11.6. The van der Waals surface area contributed by atoms with Crippen LogP contribution in [0.15, 0.2) is 59.1 Å². The van der Waals surface area contributed by atoms with Gasteiger partial charge in [0.25, 0.3) is 5.95 Å². The van der Waals surface area contributed by atoms with Crippen LogP contribution in [0.2, 0.25) is 5.02 Å². The standard InChI is InChI=1S/C19H17BrClN5O2S/c1-2-29(27,28)25-18-23-19-22-16(12-3-7-14(20)8-4-12)11-17(26(19)24-18)13-5-9-15(21)10-6-13/h3-11,17H,2H2,1H3,(H2,22,23,24,25)/t17-/m0/s1. The maximum Gasteiger partial charge on any atom is 0.257 e. The van der Waals surface area contributed by atoms with Crippen LogP contribution in [0, 0.1) is 0 Å². The van der Waals surface area contributed by atoms with E-state index in [-0.39, 0.29) is 17.7 Å². The van der Waals surface area contributed by atoms with Gasteiger partial charge >= 0.3 is 0 Å². The number of anilines is 2. The molecule has 3 aromatic rings. The third-order valence-corrected chi connectivity index (χ3v) is 6.49. The molecule has 10 heteroatoms. The van der Waals surface area contributed by atoms with Gasteiger partial charge in [-0.1, -0.05) is 51.8 Å². The molecule has 29 heavy (non-hydrogen) atoms. The van der Waals surface area contributed by atoms with E-state index in [2.05, 4.69) is 36.1 Å². The molecule has 0 spiro atoms. The van der Waals surface area contributed by atoms with Gasteiger partial charge in [0.05, 0.1) is 5.75 Å². The highest BCUT2D eigenvalue weighted by Gasteiger charge is 2.26. The zero-order chi connectivity index (χ0) is 20.6. The average Bonchev–Trinajstić information content (AvgIpc) is 3.10. The van der Waals surface area contributed by atoms with Gasteiger partial charge in [-0.3, -0.25) is 0 Å². The van der Waals surface area contributed by atoms with Crippen molar-refractivity contribution in [2.45, 2.75) is 13.0 Å². The van der Waals surface area contributed by atoms with Crippen molar-refractivity contribution in [2.24, 2.45) is 0 Å². The summed E-state index contributed by atoms with van der Waals surface area (Å²) in [6, 6.07) is 15.0. The minimum atomic E-state index is -3.49. The number of nitrogens with zero attached hydrogens (tertiary/aromatic N) is 3. The molecule has 2 heterocycles. The fraction of sp³-hybridized carbons (Fsp3) is 0.158. The average molecular weight is 495 g/mol. The minimum absolute atomic E-state index is 0.0266. The lowest BCUT2D eigenvalue weighted by Gasteiger charge is -2.24. The third-order valence-electron chi connectivity index (χ3n) is 4.46. The first kappa shape index (κ1) is 19.9. The fourth-order valence-corrected chi connectivity index (χ4v) is 3.84. The van der Waals surface area contributed by atoms with Gasteiger partial charge in [-0.25, -0.2) is 17.8 Å². The maximum atomic E-state index is 11.9. The van der Waals surface area contributed by atoms with E-state index in [4.69, 9.17) is 11.6 Å². The van der Waals surface area contributed by atoms with Crippen LogP contribution in [-0.4, -0.2) is 28.9 Å². The Kier molecular flexibility index (Phi) is 5.37. The number of hydrogen-bond acceptors (Lipinski definition) is 5. The Hall–Kier alpha value is -2.36. The van der Waals surface area contributed by atoms with Crippen molar-refractivity contribution in [3.05, 3.63) is 75.2 Å². The lowest BCUT2D eigenvalue weighted by molar-refractivity contribution is 0.599. The fourth-order valence-electron chi connectivity index (χ4n) is 2.94. The molecule has 2 N–H and O–H groups in total. The zero-order valence-electron chi connectivity index (χ0n) is 15.3. The molecule has 0 fully saturated rings. The van der Waals surface area contributed by atoms with Crippen LogP contribution in [-0.2, 0) is 10.0 Å². The molecule has 1 aromatic heterocycles. The van der Waals surface area contributed by atoms with Crippen molar-refractivity contribution in [1.82, 2.24) is 14.8 Å². The molecule has 0 unspecified atom stereocenters. The number of hydrogen-bond donors (Lipinski definition) is 2. The molecule has 7 nitrogen and oxygen atoms in total. The molecular formula is C19H17BrClN5O2S. The summed E-state index contributed by atoms with van der Waals surface area (Å²) in [5.74, 6) is 0.408. The van der Waals surface area contributed by atoms with Gasteiger partial charge in [0.15, 0.2) is 0 Å². The normalized spacial score (nSPS) is 16.0. The second-order valence-corrected chi connectivity index (χ2v) is 9.78. The summed E-state index contributed by atoms with van der Waals surface area (Å²) < 4.78 is 28.9. The number of rotatable bonds is 5. The Morgan fingerprint density at radius 1 is 1.17 bits per heavy atom. The van der Waals surface area contributed by atoms with Crippen molar-refractivity contribution in [3.8, 4) is 0 Å². The molecule has 0 radical (unpaired) electrons. The summed E-state index contributed by atoms with van der Waals surface area (Å²) in [7, 11) is -3.49. The highest BCUT2D eigenvalue weighted by Crippen LogP contribution is 2.34. The van der Waals surface area contributed by atoms with Crippen LogP contribution < -0.4 is 10.0 Å². The van der Waals surface area contributed by atoms with Gasteiger partial charge in [0, 0.05) is 15.2 Å². The monoisotopic (exact) mass is 493 g/mol. The first-order chi connectivity index (χ1) is 13.8. The number of fused-ring (bicyclic) bond motifs is 1. The second kappa shape index (κ2) is 7.81. The van der Waals surface area contributed by atoms with E-state index in [1.165, 1.54) is 0 Å². The van der Waals surface area contributed by atoms with E-state index in [0.29, 0.717) is 11.0 Å². The number of sulfonamides is 1. The summed E-state index contributed by atoms with van der Waals surface area (Å²) in [4.78, 5) is 4.34. The van der Waals surface area contributed by atoms with Crippen molar-refractivity contribution >= 4 is 55.1 Å². The van der Waals surface area contributed by atoms with Crippen LogP contribution >= 0.6 is 27.5 Å². The molecule has 150 valence electrons. The molecule has 0 saturated carbocycles. The van der Waals surface area contributed by atoms with Gasteiger partial charge < -0.3 is 5.32 Å². The number of nitrogens with one attached hydrogen (secondary N) is 2. The lowest BCUT2D eigenvalue weighted by atomic mass is 10.0. The zero-order valence-corrected chi connectivity index (χ0v) is 18.5. The summed E-state index contributed by atoms with van der Waals surface area (Å²) in [6.07, 6.45) is 2.02. The summed E-state index contributed by atoms with van der Waals surface area (Å²) in [5, 5.41) is 8.25. The van der Waals surface area contributed by atoms with Crippen LogP contribution in [0.5, 0.6) is 0 Å². The highest BCUT2D eigenvalue weighted by atomic mass is 79.9. The van der Waals surface area contributed by atoms with Crippen LogP contribution in [0.25, 0.3) is 5.70 Å². The predicted octanol–water partition coefficient (Wildman–Crippen LogP) is 4.51.